The summed E-state index contributed by atoms with van der Waals surface area (Å²) in [7, 11) is 0. The lowest BCUT2D eigenvalue weighted by Crippen LogP contribution is -2.41. The number of anilines is 2. The summed E-state index contributed by atoms with van der Waals surface area (Å²) in [5, 5.41) is 5.75. The minimum absolute atomic E-state index is 0.328. The maximum atomic E-state index is 12.7. The minimum Gasteiger partial charge on any atom is -0.325 e. The molecule has 0 aromatic heterocycles. The summed E-state index contributed by atoms with van der Waals surface area (Å²) >= 11 is 0. The third kappa shape index (κ3) is 4.31. The summed E-state index contributed by atoms with van der Waals surface area (Å²) in [5.41, 5.74) is 3.39. The molecular formula is C22H28N2O2. The molecule has 4 heteroatoms. The molecule has 0 heterocycles. The van der Waals surface area contributed by atoms with E-state index in [2.05, 4.69) is 24.5 Å². The van der Waals surface area contributed by atoms with Crippen LogP contribution in [-0.2, 0) is 9.59 Å². The first kappa shape index (κ1) is 19.7. The Bertz CT molecular complexity index is 785. The molecule has 0 aliphatic carbocycles. The second-order valence-electron chi connectivity index (χ2n) is 7.58. The molecule has 2 N–H and O–H groups in total. The van der Waals surface area contributed by atoms with E-state index in [1.807, 2.05) is 56.3 Å². The molecule has 0 atom stereocenters. The van der Waals surface area contributed by atoms with E-state index in [-0.39, 0.29) is 11.8 Å². The summed E-state index contributed by atoms with van der Waals surface area (Å²) in [4.78, 5) is 25.4. The highest BCUT2D eigenvalue weighted by Crippen LogP contribution is 2.25. The molecule has 2 aromatic carbocycles. The third-order valence-corrected chi connectivity index (χ3v) is 4.69. The standard InChI is InChI=1S/C22H28N2O2/c1-14(2)17-10-12-18(13-11-17)23-20(25)22(5,6)21(26)24-19-15(3)8-7-9-16(19)4/h7-14H,1-6H3,(H,23,25)(H,24,26). The molecule has 0 fully saturated rings. The number of hydrogen-bond acceptors (Lipinski definition) is 2. The lowest BCUT2D eigenvalue weighted by molar-refractivity contribution is -0.135. The van der Waals surface area contributed by atoms with Gasteiger partial charge in [-0.1, -0.05) is 44.2 Å². The number of rotatable bonds is 5. The summed E-state index contributed by atoms with van der Waals surface area (Å²) < 4.78 is 0. The fraction of sp³-hybridized carbons (Fsp3) is 0.364. The van der Waals surface area contributed by atoms with Gasteiger partial charge in [0.15, 0.2) is 0 Å². The Kier molecular flexibility index (Phi) is 5.86. The van der Waals surface area contributed by atoms with Crippen molar-refractivity contribution >= 4 is 23.2 Å². The first-order valence-corrected chi connectivity index (χ1v) is 8.92. The second-order valence-corrected chi connectivity index (χ2v) is 7.58. The largest absolute Gasteiger partial charge is 0.325 e. The first-order chi connectivity index (χ1) is 12.1. The fourth-order valence-corrected chi connectivity index (χ4v) is 2.62. The van der Waals surface area contributed by atoms with Crippen LogP contribution in [0.3, 0.4) is 0 Å². The van der Waals surface area contributed by atoms with Gasteiger partial charge in [-0.3, -0.25) is 9.59 Å². The summed E-state index contributed by atoms with van der Waals surface area (Å²) in [6.07, 6.45) is 0. The Hall–Kier alpha value is -2.62. The van der Waals surface area contributed by atoms with Gasteiger partial charge in [-0.25, -0.2) is 0 Å². The zero-order chi connectivity index (χ0) is 19.5. The molecule has 0 aliphatic rings. The minimum atomic E-state index is -1.20. The van der Waals surface area contributed by atoms with Crippen LogP contribution in [0.15, 0.2) is 42.5 Å². The zero-order valence-electron chi connectivity index (χ0n) is 16.4. The Labute approximate surface area is 156 Å². The monoisotopic (exact) mass is 352 g/mol. The topological polar surface area (TPSA) is 58.2 Å². The maximum Gasteiger partial charge on any atom is 0.239 e. The van der Waals surface area contributed by atoms with Crippen LogP contribution in [0.4, 0.5) is 11.4 Å². The molecule has 0 aliphatic heterocycles. The van der Waals surface area contributed by atoms with Crippen LogP contribution in [0.2, 0.25) is 0 Å². The summed E-state index contributed by atoms with van der Waals surface area (Å²) in [6, 6.07) is 13.5. The van der Waals surface area contributed by atoms with Gasteiger partial charge in [0.2, 0.25) is 11.8 Å². The van der Waals surface area contributed by atoms with Gasteiger partial charge >= 0.3 is 0 Å². The van der Waals surface area contributed by atoms with E-state index in [9.17, 15) is 9.59 Å². The van der Waals surface area contributed by atoms with Crippen LogP contribution in [0.5, 0.6) is 0 Å². The van der Waals surface area contributed by atoms with Crippen molar-refractivity contribution in [1.82, 2.24) is 0 Å². The van der Waals surface area contributed by atoms with Gasteiger partial charge in [0, 0.05) is 11.4 Å². The zero-order valence-corrected chi connectivity index (χ0v) is 16.4. The van der Waals surface area contributed by atoms with E-state index in [1.54, 1.807) is 13.8 Å². The predicted molar refractivity (Wildman–Crippen MR) is 107 cm³/mol. The lowest BCUT2D eigenvalue weighted by Gasteiger charge is -2.24. The normalized spacial score (nSPS) is 11.3. The summed E-state index contributed by atoms with van der Waals surface area (Å²) in [5.74, 6) is -0.232. The molecule has 0 unspecified atom stereocenters. The highest BCUT2D eigenvalue weighted by atomic mass is 16.2. The Morgan fingerprint density at radius 1 is 0.846 bits per heavy atom. The molecule has 0 bridgehead atoms. The van der Waals surface area contributed by atoms with Gasteiger partial charge in [0.05, 0.1) is 0 Å². The van der Waals surface area contributed by atoms with Gasteiger partial charge in [-0.2, -0.15) is 0 Å². The quantitative estimate of drug-likeness (QED) is 0.742. The Morgan fingerprint density at radius 2 is 1.35 bits per heavy atom. The molecule has 0 saturated heterocycles. The van der Waals surface area contributed by atoms with Crippen LogP contribution in [-0.4, -0.2) is 11.8 Å². The first-order valence-electron chi connectivity index (χ1n) is 8.92. The molecule has 0 spiro atoms. The SMILES string of the molecule is Cc1cccc(C)c1NC(=O)C(C)(C)C(=O)Nc1ccc(C(C)C)cc1. The van der Waals surface area contributed by atoms with Crippen molar-refractivity contribution in [1.29, 1.82) is 0 Å². The number of hydrogen-bond donors (Lipinski definition) is 2. The van der Waals surface area contributed by atoms with Gasteiger partial charge in [0.25, 0.3) is 0 Å². The van der Waals surface area contributed by atoms with Gasteiger partial charge in [-0.05, 0) is 62.4 Å². The molecule has 2 aromatic rings. The van der Waals surface area contributed by atoms with Crippen LogP contribution in [0, 0.1) is 19.3 Å². The van der Waals surface area contributed by atoms with Crippen LogP contribution >= 0.6 is 0 Å². The Balaban J connectivity index is 2.12. The third-order valence-electron chi connectivity index (χ3n) is 4.69. The van der Waals surface area contributed by atoms with Crippen molar-refractivity contribution in [2.24, 2.45) is 5.41 Å². The molecule has 138 valence electrons. The van der Waals surface area contributed by atoms with E-state index >= 15 is 0 Å². The smallest absolute Gasteiger partial charge is 0.239 e. The Morgan fingerprint density at radius 3 is 1.85 bits per heavy atom. The van der Waals surface area contributed by atoms with E-state index in [0.717, 1.165) is 16.8 Å². The highest BCUT2D eigenvalue weighted by Gasteiger charge is 2.36. The number of para-hydroxylation sites is 1. The van der Waals surface area contributed by atoms with Crippen molar-refractivity contribution in [2.45, 2.75) is 47.5 Å². The van der Waals surface area contributed by atoms with Gasteiger partial charge in [0.1, 0.15) is 5.41 Å². The van der Waals surface area contributed by atoms with Crippen molar-refractivity contribution < 1.29 is 9.59 Å². The number of carbonyl (C=O) groups is 2. The predicted octanol–water partition coefficient (Wildman–Crippen LogP) is 5.03. The van der Waals surface area contributed by atoms with E-state index in [1.165, 1.54) is 5.56 Å². The molecule has 26 heavy (non-hydrogen) atoms. The average Bonchev–Trinajstić information content (AvgIpc) is 2.58. The number of nitrogens with one attached hydrogen (secondary N) is 2. The molecular weight excluding hydrogens is 324 g/mol. The fourth-order valence-electron chi connectivity index (χ4n) is 2.62. The van der Waals surface area contributed by atoms with E-state index in [4.69, 9.17) is 0 Å². The maximum absolute atomic E-state index is 12.7. The molecule has 2 rings (SSSR count). The van der Waals surface area contributed by atoms with Crippen molar-refractivity contribution in [3.8, 4) is 0 Å². The molecule has 4 nitrogen and oxygen atoms in total. The average molecular weight is 352 g/mol. The van der Waals surface area contributed by atoms with Crippen molar-refractivity contribution in [2.75, 3.05) is 10.6 Å². The second kappa shape index (κ2) is 7.73. The molecule has 2 amide bonds. The van der Waals surface area contributed by atoms with Crippen molar-refractivity contribution in [3.05, 3.63) is 59.2 Å². The van der Waals surface area contributed by atoms with E-state index in [0.29, 0.717) is 11.6 Å². The number of amides is 2. The van der Waals surface area contributed by atoms with Crippen LogP contribution < -0.4 is 10.6 Å². The number of carbonyl (C=O) groups excluding carboxylic acids is 2. The number of benzene rings is 2. The van der Waals surface area contributed by atoms with Gasteiger partial charge in [-0.15, -0.1) is 0 Å². The summed E-state index contributed by atoms with van der Waals surface area (Å²) in [6.45, 7) is 11.4. The van der Waals surface area contributed by atoms with Crippen LogP contribution in [0.1, 0.15) is 50.3 Å². The van der Waals surface area contributed by atoms with Gasteiger partial charge < -0.3 is 10.6 Å². The van der Waals surface area contributed by atoms with Crippen LogP contribution in [0.25, 0.3) is 0 Å². The number of aryl methyl sites for hydroxylation is 2. The lowest BCUT2D eigenvalue weighted by atomic mass is 9.90. The van der Waals surface area contributed by atoms with E-state index < -0.39 is 5.41 Å². The molecule has 0 radical (unpaired) electrons. The highest BCUT2D eigenvalue weighted by molar-refractivity contribution is 6.14. The molecule has 0 saturated carbocycles. The van der Waals surface area contributed by atoms with Crippen molar-refractivity contribution in [3.63, 3.8) is 0 Å².